The molecule has 0 aliphatic rings. The van der Waals surface area contributed by atoms with Crippen molar-refractivity contribution in [1.29, 1.82) is 0 Å². The molecule has 0 spiro atoms. The van der Waals surface area contributed by atoms with Crippen LogP contribution in [0.4, 0.5) is 23.0 Å². The summed E-state index contributed by atoms with van der Waals surface area (Å²) in [5.74, 6) is 0.411. The molecule has 7 heteroatoms. The number of anilines is 3. The van der Waals surface area contributed by atoms with Crippen molar-refractivity contribution in [3.63, 3.8) is 0 Å². The van der Waals surface area contributed by atoms with E-state index in [1.165, 1.54) is 6.33 Å². The van der Waals surface area contributed by atoms with E-state index in [0.717, 1.165) is 22.4 Å². The van der Waals surface area contributed by atoms with Crippen LogP contribution in [-0.2, 0) is 18.5 Å². The van der Waals surface area contributed by atoms with Crippen LogP contribution in [0.1, 0.15) is 37.5 Å². The molecule has 1 radical (unpaired) electrons. The summed E-state index contributed by atoms with van der Waals surface area (Å²) in [7, 11) is 0. The Morgan fingerprint density at radius 2 is 1.51 bits per heavy atom. The number of nitrogens with one attached hydrogen (secondary N) is 1. The first-order valence-corrected chi connectivity index (χ1v) is 11.4. The Kier molecular flexibility index (Phi) is 7.06. The van der Waals surface area contributed by atoms with E-state index in [2.05, 4.69) is 42.1 Å². The number of hydrogen-bond acceptors (Lipinski definition) is 6. The highest BCUT2D eigenvalue weighted by Gasteiger charge is 2.29. The van der Waals surface area contributed by atoms with E-state index in [1.807, 2.05) is 83.8 Å². The second-order valence-corrected chi connectivity index (χ2v) is 9.31. The van der Waals surface area contributed by atoms with Gasteiger partial charge >= 0.3 is 5.69 Å². The molecule has 0 saturated carbocycles. The lowest BCUT2D eigenvalue weighted by molar-refractivity contribution is -0.383. The van der Waals surface area contributed by atoms with Gasteiger partial charge in [0.15, 0.2) is 0 Å². The topological polar surface area (TPSA) is 84.2 Å². The number of rotatable bonds is 8. The van der Waals surface area contributed by atoms with Crippen LogP contribution in [0.25, 0.3) is 0 Å². The molecule has 0 bridgehead atoms. The van der Waals surface area contributed by atoms with E-state index in [0.29, 0.717) is 13.1 Å². The third-order valence-corrected chi connectivity index (χ3v) is 5.58. The van der Waals surface area contributed by atoms with E-state index in [1.54, 1.807) is 0 Å². The maximum Gasteiger partial charge on any atom is 0.353 e. The van der Waals surface area contributed by atoms with Crippen molar-refractivity contribution in [2.75, 3.05) is 10.2 Å². The average molecular weight is 467 g/mol. The lowest BCUT2D eigenvalue weighted by Crippen LogP contribution is -2.25. The molecule has 0 amide bonds. The quantitative estimate of drug-likeness (QED) is 0.238. The zero-order chi connectivity index (χ0) is 24.8. The van der Waals surface area contributed by atoms with Crippen molar-refractivity contribution in [3.8, 4) is 0 Å². The van der Waals surface area contributed by atoms with Gasteiger partial charge in [0, 0.05) is 18.8 Å². The van der Waals surface area contributed by atoms with Crippen LogP contribution in [0.2, 0.25) is 0 Å². The Bertz CT molecular complexity index is 1250. The van der Waals surface area contributed by atoms with Gasteiger partial charge in [0.25, 0.3) is 0 Å². The van der Waals surface area contributed by atoms with Crippen molar-refractivity contribution < 1.29 is 4.92 Å². The Morgan fingerprint density at radius 3 is 2.06 bits per heavy atom. The summed E-state index contributed by atoms with van der Waals surface area (Å²) in [6.45, 7) is 7.14. The first-order chi connectivity index (χ1) is 16.8. The number of hydrogen-bond donors (Lipinski definition) is 1. The highest BCUT2D eigenvalue weighted by molar-refractivity contribution is 5.75. The highest BCUT2D eigenvalue weighted by atomic mass is 16.6. The monoisotopic (exact) mass is 466 g/mol. The molecule has 0 aliphatic heterocycles. The minimum atomic E-state index is -0.413. The molecule has 1 heterocycles. The summed E-state index contributed by atoms with van der Waals surface area (Å²) >= 11 is 0. The standard InChI is InChI=1S/C28H28N5O2/c1-28(2,3)23-16-10-11-17-24(23)31-26-25(33(34)35)27(30-20-29-26)32(18-21-12-6-4-7-13-21)19-22-14-8-5-9-15-22/h4-15,17,20H,18-19H2,1-3H3,(H,29,30,31). The lowest BCUT2D eigenvalue weighted by Gasteiger charge is -2.25. The number of nitro groups is 1. The molecule has 0 fully saturated rings. The molecule has 0 aliphatic carbocycles. The van der Waals surface area contributed by atoms with Gasteiger partial charge in [-0.3, -0.25) is 10.1 Å². The largest absolute Gasteiger partial charge is 0.353 e. The van der Waals surface area contributed by atoms with Crippen LogP contribution < -0.4 is 10.2 Å². The minimum Gasteiger partial charge on any atom is -0.342 e. The summed E-state index contributed by atoms with van der Waals surface area (Å²) in [5, 5.41) is 15.6. The molecule has 4 aromatic rings. The number of aromatic nitrogens is 2. The molecular weight excluding hydrogens is 438 g/mol. The molecule has 4 rings (SSSR count). The van der Waals surface area contributed by atoms with Gasteiger partial charge in [0.05, 0.1) is 4.92 Å². The fourth-order valence-corrected chi connectivity index (χ4v) is 3.96. The van der Waals surface area contributed by atoms with Crippen LogP contribution >= 0.6 is 0 Å². The summed E-state index contributed by atoms with van der Waals surface area (Å²) in [4.78, 5) is 22.5. The summed E-state index contributed by atoms with van der Waals surface area (Å²) < 4.78 is 0. The molecule has 0 atom stereocenters. The zero-order valence-corrected chi connectivity index (χ0v) is 20.1. The SMILES string of the molecule is CC(C)(C)c1[c]cccc1Nc1ncnc(N(Cc2ccccc2)Cc2ccccc2)c1[N+](=O)[O-]. The van der Waals surface area contributed by atoms with Gasteiger partial charge in [-0.1, -0.05) is 93.6 Å². The van der Waals surface area contributed by atoms with E-state index < -0.39 is 4.92 Å². The Morgan fingerprint density at radius 1 is 0.914 bits per heavy atom. The van der Waals surface area contributed by atoms with Crippen molar-refractivity contribution >= 4 is 23.0 Å². The molecule has 7 nitrogen and oxygen atoms in total. The van der Waals surface area contributed by atoms with Gasteiger partial charge in [0.1, 0.15) is 6.33 Å². The van der Waals surface area contributed by atoms with E-state index >= 15 is 0 Å². The summed E-state index contributed by atoms with van der Waals surface area (Å²) in [6.07, 6.45) is 1.37. The van der Waals surface area contributed by atoms with Crippen LogP contribution in [0.15, 0.2) is 85.2 Å². The van der Waals surface area contributed by atoms with Crippen molar-refractivity contribution in [1.82, 2.24) is 9.97 Å². The predicted octanol–water partition coefficient (Wildman–Crippen LogP) is 6.43. The Hall–Kier alpha value is -4.26. The minimum absolute atomic E-state index is 0.149. The Balaban J connectivity index is 1.78. The third-order valence-electron chi connectivity index (χ3n) is 5.58. The molecular formula is C28H28N5O2. The molecule has 3 aromatic carbocycles. The summed E-state index contributed by atoms with van der Waals surface area (Å²) in [5.41, 5.74) is 3.33. The average Bonchev–Trinajstić information content (AvgIpc) is 2.84. The van der Waals surface area contributed by atoms with Gasteiger partial charge in [0.2, 0.25) is 11.6 Å². The van der Waals surface area contributed by atoms with E-state index in [4.69, 9.17) is 0 Å². The van der Waals surface area contributed by atoms with Gasteiger partial charge in [-0.2, -0.15) is 0 Å². The normalized spacial score (nSPS) is 11.2. The van der Waals surface area contributed by atoms with Crippen LogP contribution in [0.5, 0.6) is 0 Å². The second kappa shape index (κ2) is 10.3. The molecule has 1 aromatic heterocycles. The predicted molar refractivity (Wildman–Crippen MR) is 139 cm³/mol. The van der Waals surface area contributed by atoms with Crippen LogP contribution in [0.3, 0.4) is 0 Å². The smallest absolute Gasteiger partial charge is 0.342 e. The molecule has 1 N–H and O–H groups in total. The van der Waals surface area contributed by atoms with Crippen molar-refractivity contribution in [3.05, 3.63) is 118 Å². The van der Waals surface area contributed by atoms with Crippen molar-refractivity contribution in [2.45, 2.75) is 39.3 Å². The molecule has 35 heavy (non-hydrogen) atoms. The number of benzene rings is 3. The van der Waals surface area contributed by atoms with Crippen molar-refractivity contribution in [2.24, 2.45) is 0 Å². The molecule has 0 saturated heterocycles. The van der Waals surface area contributed by atoms with Crippen LogP contribution in [-0.4, -0.2) is 14.9 Å². The maximum atomic E-state index is 12.4. The van der Waals surface area contributed by atoms with Gasteiger partial charge < -0.3 is 10.2 Å². The molecule has 177 valence electrons. The number of nitrogens with zero attached hydrogens (tertiary/aromatic N) is 4. The van der Waals surface area contributed by atoms with Gasteiger partial charge in [-0.05, 0) is 34.2 Å². The van der Waals surface area contributed by atoms with E-state index in [-0.39, 0.29) is 22.7 Å². The fraction of sp³-hybridized carbons (Fsp3) is 0.214. The first-order valence-electron chi connectivity index (χ1n) is 11.4. The summed E-state index contributed by atoms with van der Waals surface area (Å²) in [6, 6.07) is 28.6. The second-order valence-electron chi connectivity index (χ2n) is 9.31. The maximum absolute atomic E-state index is 12.4. The Labute approximate surface area is 205 Å². The first kappa shape index (κ1) is 23.9. The van der Waals surface area contributed by atoms with E-state index in [9.17, 15) is 10.1 Å². The van der Waals surface area contributed by atoms with Crippen LogP contribution in [0, 0.1) is 16.2 Å². The third kappa shape index (κ3) is 5.81. The van der Waals surface area contributed by atoms with Gasteiger partial charge in [-0.25, -0.2) is 9.97 Å². The molecule has 0 unspecified atom stereocenters. The lowest BCUT2D eigenvalue weighted by atomic mass is 9.86. The highest BCUT2D eigenvalue weighted by Crippen LogP contribution is 2.37. The van der Waals surface area contributed by atoms with Gasteiger partial charge in [-0.15, -0.1) is 0 Å². The fourth-order valence-electron chi connectivity index (χ4n) is 3.96. The zero-order valence-electron chi connectivity index (χ0n) is 20.1.